The standard InChI is InChI=1S/C15H17BrClNO3/c1-2-8-5-10(11(6-8)15(20)21)14(19)18-13-4-3-9(17)7-12(13)16/h3-4,7-8,10-11H,2,5-6H2,1H3,(H,18,19)(H,20,21). The van der Waals surface area contributed by atoms with E-state index in [4.69, 9.17) is 11.6 Å². The number of nitrogens with one attached hydrogen (secondary N) is 1. The van der Waals surface area contributed by atoms with E-state index in [-0.39, 0.29) is 5.91 Å². The fraction of sp³-hybridized carbons (Fsp3) is 0.467. The molecule has 0 aromatic heterocycles. The van der Waals surface area contributed by atoms with Crippen LogP contribution in [0, 0.1) is 17.8 Å². The molecule has 6 heteroatoms. The molecule has 2 N–H and O–H groups in total. The van der Waals surface area contributed by atoms with Gasteiger partial charge in [-0.05, 0) is 52.9 Å². The largest absolute Gasteiger partial charge is 0.481 e. The second kappa shape index (κ2) is 6.79. The lowest BCUT2D eigenvalue weighted by Gasteiger charge is -2.16. The van der Waals surface area contributed by atoms with Crippen LogP contribution in [0.1, 0.15) is 26.2 Å². The Kier molecular flexibility index (Phi) is 5.27. The third-order valence-corrected chi connectivity index (χ3v) is 4.97. The predicted octanol–water partition coefficient (Wildman–Crippen LogP) is 4.18. The van der Waals surface area contributed by atoms with Gasteiger partial charge in [0.1, 0.15) is 0 Å². The number of benzene rings is 1. The van der Waals surface area contributed by atoms with Crippen molar-refractivity contribution in [1.29, 1.82) is 0 Å². The van der Waals surface area contributed by atoms with Crippen LogP contribution >= 0.6 is 27.5 Å². The van der Waals surface area contributed by atoms with Crippen molar-refractivity contribution in [2.75, 3.05) is 5.32 Å². The van der Waals surface area contributed by atoms with Crippen molar-refractivity contribution < 1.29 is 14.7 Å². The first-order valence-electron chi connectivity index (χ1n) is 6.91. The molecule has 3 unspecified atom stereocenters. The summed E-state index contributed by atoms with van der Waals surface area (Å²) < 4.78 is 0.681. The second-order valence-electron chi connectivity index (χ2n) is 5.41. The fourth-order valence-corrected chi connectivity index (χ4v) is 3.64. The molecular weight excluding hydrogens is 358 g/mol. The van der Waals surface area contributed by atoms with Gasteiger partial charge >= 0.3 is 5.97 Å². The van der Waals surface area contributed by atoms with Crippen molar-refractivity contribution in [3.8, 4) is 0 Å². The molecule has 0 radical (unpaired) electrons. The van der Waals surface area contributed by atoms with Crippen molar-refractivity contribution in [2.24, 2.45) is 17.8 Å². The minimum atomic E-state index is -0.888. The topological polar surface area (TPSA) is 66.4 Å². The number of rotatable bonds is 4. The van der Waals surface area contributed by atoms with Crippen molar-refractivity contribution in [2.45, 2.75) is 26.2 Å². The monoisotopic (exact) mass is 373 g/mol. The van der Waals surface area contributed by atoms with Gasteiger partial charge in [0.25, 0.3) is 0 Å². The number of carbonyl (C=O) groups is 2. The van der Waals surface area contributed by atoms with E-state index in [1.165, 1.54) is 0 Å². The highest BCUT2D eigenvalue weighted by atomic mass is 79.9. The molecule has 1 fully saturated rings. The second-order valence-corrected chi connectivity index (χ2v) is 6.70. The summed E-state index contributed by atoms with van der Waals surface area (Å²) in [4.78, 5) is 23.7. The van der Waals surface area contributed by atoms with Gasteiger partial charge in [0.05, 0.1) is 17.5 Å². The smallest absolute Gasteiger partial charge is 0.307 e. The quantitative estimate of drug-likeness (QED) is 0.831. The van der Waals surface area contributed by atoms with Crippen LogP contribution in [0.4, 0.5) is 5.69 Å². The number of carboxylic acids is 1. The van der Waals surface area contributed by atoms with E-state index in [2.05, 4.69) is 21.2 Å². The fourth-order valence-electron chi connectivity index (χ4n) is 2.86. The van der Waals surface area contributed by atoms with Crippen LogP contribution in [0.15, 0.2) is 22.7 Å². The van der Waals surface area contributed by atoms with Gasteiger partial charge in [-0.25, -0.2) is 0 Å². The Hall–Kier alpha value is -1.07. The normalized spacial score (nSPS) is 24.8. The highest BCUT2D eigenvalue weighted by molar-refractivity contribution is 9.10. The summed E-state index contributed by atoms with van der Waals surface area (Å²) in [5.41, 5.74) is 0.605. The number of halogens is 2. The maximum absolute atomic E-state index is 12.4. The van der Waals surface area contributed by atoms with Crippen molar-refractivity contribution in [3.05, 3.63) is 27.7 Å². The van der Waals surface area contributed by atoms with E-state index in [0.29, 0.717) is 33.9 Å². The van der Waals surface area contributed by atoms with Crippen LogP contribution in [-0.2, 0) is 9.59 Å². The van der Waals surface area contributed by atoms with E-state index in [9.17, 15) is 14.7 Å². The van der Waals surface area contributed by atoms with Gasteiger partial charge < -0.3 is 10.4 Å². The minimum absolute atomic E-state index is 0.235. The van der Waals surface area contributed by atoms with Crippen molar-refractivity contribution >= 4 is 45.1 Å². The first-order valence-corrected chi connectivity index (χ1v) is 8.08. The summed E-state index contributed by atoms with van der Waals surface area (Å²) >= 11 is 9.20. The Labute approximate surface area is 137 Å². The summed E-state index contributed by atoms with van der Waals surface area (Å²) in [6, 6.07) is 5.07. The Bertz CT molecular complexity index is 564. The number of hydrogen-bond donors (Lipinski definition) is 2. The average molecular weight is 375 g/mol. The minimum Gasteiger partial charge on any atom is -0.481 e. The van der Waals surface area contributed by atoms with Gasteiger partial charge in [0.2, 0.25) is 5.91 Å². The highest BCUT2D eigenvalue weighted by Crippen LogP contribution is 2.39. The number of amides is 1. The third kappa shape index (κ3) is 3.77. The molecule has 1 aromatic rings. The molecule has 0 heterocycles. The maximum atomic E-state index is 12.4. The van der Waals surface area contributed by atoms with Gasteiger partial charge in [-0.3, -0.25) is 9.59 Å². The zero-order valence-corrected chi connectivity index (χ0v) is 13.9. The average Bonchev–Trinajstić information content (AvgIpc) is 2.86. The lowest BCUT2D eigenvalue weighted by Crippen LogP contribution is -2.30. The molecule has 0 saturated heterocycles. The molecule has 0 aliphatic heterocycles. The van der Waals surface area contributed by atoms with Crippen LogP contribution in [0.3, 0.4) is 0 Å². The number of carbonyl (C=O) groups excluding carboxylic acids is 1. The van der Waals surface area contributed by atoms with E-state index in [1.54, 1.807) is 18.2 Å². The number of anilines is 1. The molecule has 21 heavy (non-hydrogen) atoms. The van der Waals surface area contributed by atoms with E-state index >= 15 is 0 Å². The van der Waals surface area contributed by atoms with E-state index in [1.807, 2.05) is 6.92 Å². The molecule has 2 rings (SSSR count). The SMILES string of the molecule is CCC1CC(C(=O)O)C(C(=O)Nc2ccc(Cl)cc2Br)C1. The van der Waals surface area contributed by atoms with E-state index in [0.717, 1.165) is 6.42 Å². The summed E-state index contributed by atoms with van der Waals surface area (Å²) in [6.45, 7) is 2.03. The Morgan fingerprint density at radius 2 is 2.05 bits per heavy atom. The summed E-state index contributed by atoms with van der Waals surface area (Å²) in [7, 11) is 0. The molecule has 4 nitrogen and oxygen atoms in total. The van der Waals surface area contributed by atoms with Crippen LogP contribution < -0.4 is 5.32 Å². The van der Waals surface area contributed by atoms with Crippen molar-refractivity contribution in [1.82, 2.24) is 0 Å². The molecule has 0 bridgehead atoms. The first-order chi connectivity index (χ1) is 9.92. The molecule has 1 aliphatic rings. The molecule has 114 valence electrons. The highest BCUT2D eigenvalue weighted by Gasteiger charge is 2.42. The van der Waals surface area contributed by atoms with Gasteiger partial charge in [0.15, 0.2) is 0 Å². The number of aliphatic carboxylic acids is 1. The molecule has 1 amide bonds. The van der Waals surface area contributed by atoms with E-state index < -0.39 is 17.8 Å². The first kappa shape index (κ1) is 16.3. The summed E-state index contributed by atoms with van der Waals surface area (Å²) in [5.74, 6) is -1.89. The van der Waals surface area contributed by atoms with Crippen LogP contribution in [0.2, 0.25) is 5.02 Å². The van der Waals surface area contributed by atoms with Gasteiger partial charge in [-0.15, -0.1) is 0 Å². The lowest BCUT2D eigenvalue weighted by atomic mass is 9.95. The Morgan fingerprint density at radius 3 is 2.62 bits per heavy atom. The zero-order chi connectivity index (χ0) is 15.6. The number of carboxylic acid groups (broad SMARTS) is 1. The Balaban J connectivity index is 2.13. The number of hydrogen-bond acceptors (Lipinski definition) is 2. The van der Waals surface area contributed by atoms with Crippen LogP contribution in [0.25, 0.3) is 0 Å². The van der Waals surface area contributed by atoms with Crippen LogP contribution in [-0.4, -0.2) is 17.0 Å². The summed E-state index contributed by atoms with van der Waals surface area (Å²) in [5, 5.41) is 12.7. The Morgan fingerprint density at radius 1 is 1.38 bits per heavy atom. The van der Waals surface area contributed by atoms with Gasteiger partial charge in [-0.2, -0.15) is 0 Å². The summed E-state index contributed by atoms with van der Waals surface area (Å²) in [6.07, 6.45) is 2.11. The molecule has 3 atom stereocenters. The van der Waals surface area contributed by atoms with Crippen LogP contribution in [0.5, 0.6) is 0 Å². The third-order valence-electron chi connectivity index (χ3n) is 4.08. The molecule has 1 aromatic carbocycles. The lowest BCUT2D eigenvalue weighted by molar-refractivity contribution is -0.145. The predicted molar refractivity (Wildman–Crippen MR) is 85.4 cm³/mol. The zero-order valence-electron chi connectivity index (χ0n) is 11.6. The van der Waals surface area contributed by atoms with Crippen molar-refractivity contribution in [3.63, 3.8) is 0 Å². The molecule has 1 aliphatic carbocycles. The molecule has 1 saturated carbocycles. The molecule has 0 spiro atoms. The van der Waals surface area contributed by atoms with Gasteiger partial charge in [-0.1, -0.05) is 24.9 Å². The molecular formula is C15H17BrClNO3. The maximum Gasteiger partial charge on any atom is 0.307 e. The van der Waals surface area contributed by atoms with Gasteiger partial charge in [0, 0.05) is 9.50 Å².